The predicted octanol–water partition coefficient (Wildman–Crippen LogP) is -2.30. The summed E-state index contributed by atoms with van der Waals surface area (Å²) in [6.07, 6.45) is 0. The second kappa shape index (κ2) is 5.98. The Balaban J connectivity index is 0. The van der Waals surface area contributed by atoms with E-state index < -0.39 is 10.1 Å². The molecule has 0 unspecified atom stereocenters. The van der Waals surface area contributed by atoms with E-state index in [1.54, 1.807) is 19.9 Å². The van der Waals surface area contributed by atoms with Crippen molar-refractivity contribution >= 4 is 10.1 Å². The van der Waals surface area contributed by atoms with E-state index in [1.807, 2.05) is 6.92 Å². The van der Waals surface area contributed by atoms with Gasteiger partial charge in [0.15, 0.2) is 0 Å². The van der Waals surface area contributed by atoms with Gasteiger partial charge in [0.2, 0.25) is 0 Å². The molecule has 0 bridgehead atoms. The zero-order valence-electron chi connectivity index (χ0n) is 9.29. The number of rotatable bonds is 1. The van der Waals surface area contributed by atoms with Crippen LogP contribution < -0.4 is 29.6 Å². The molecule has 0 saturated carbocycles. The molecule has 0 amide bonds. The molecule has 0 aliphatic rings. The van der Waals surface area contributed by atoms with Crippen molar-refractivity contribution in [3.8, 4) is 0 Å². The standard InChI is InChI=1S/C9H12O3S.Na.H2O/c1-6-4-5-9(13(10,11)12)8(3)7(6)2;;/h4-5H,1-3H3,(H,10,11,12);;1H2/q;+1;/p-1. The van der Waals surface area contributed by atoms with E-state index in [1.165, 1.54) is 6.07 Å². The first-order valence-electron chi connectivity index (χ1n) is 3.86. The maximum absolute atomic E-state index is 10.8. The molecule has 0 saturated heterocycles. The normalized spacial score (nSPS) is 10.1. The van der Waals surface area contributed by atoms with E-state index in [0.717, 1.165) is 11.1 Å². The number of hydrogen-bond donors (Lipinski definition) is 0. The quantitative estimate of drug-likeness (QED) is 0.408. The predicted molar refractivity (Wildman–Crippen MR) is 52.2 cm³/mol. The Hall–Kier alpha value is 0.0900. The number of aryl methyl sites for hydroxylation is 1. The van der Waals surface area contributed by atoms with Gasteiger partial charge in [-0.3, -0.25) is 0 Å². The van der Waals surface area contributed by atoms with E-state index in [0.29, 0.717) is 5.56 Å². The molecule has 0 aliphatic carbocycles. The van der Waals surface area contributed by atoms with Gasteiger partial charge in [-0.15, -0.1) is 0 Å². The van der Waals surface area contributed by atoms with Gasteiger partial charge in [0, 0.05) is 0 Å². The molecule has 0 heterocycles. The van der Waals surface area contributed by atoms with Crippen molar-refractivity contribution in [1.29, 1.82) is 0 Å². The smallest absolute Gasteiger partial charge is 0.744 e. The van der Waals surface area contributed by atoms with Gasteiger partial charge in [0.1, 0.15) is 10.1 Å². The van der Waals surface area contributed by atoms with Crippen molar-refractivity contribution < 1.29 is 48.0 Å². The Morgan fingerprint density at radius 3 is 1.93 bits per heavy atom. The molecular formula is C9H13NaO4S. The van der Waals surface area contributed by atoms with Crippen LogP contribution in [0.4, 0.5) is 0 Å². The van der Waals surface area contributed by atoms with Crippen LogP contribution in [0.5, 0.6) is 0 Å². The minimum atomic E-state index is -4.32. The molecule has 4 nitrogen and oxygen atoms in total. The molecule has 0 aliphatic heterocycles. The van der Waals surface area contributed by atoms with E-state index in [4.69, 9.17) is 0 Å². The summed E-state index contributed by atoms with van der Waals surface area (Å²) in [5.41, 5.74) is 2.40. The zero-order chi connectivity index (χ0) is 10.2. The summed E-state index contributed by atoms with van der Waals surface area (Å²) in [6, 6.07) is 3.01. The van der Waals surface area contributed by atoms with Crippen LogP contribution in [-0.2, 0) is 10.1 Å². The molecule has 1 aromatic carbocycles. The van der Waals surface area contributed by atoms with Crippen LogP contribution in [0, 0.1) is 20.8 Å². The molecule has 0 fully saturated rings. The van der Waals surface area contributed by atoms with Crippen molar-refractivity contribution in [2.24, 2.45) is 0 Å². The van der Waals surface area contributed by atoms with Crippen LogP contribution in [0.15, 0.2) is 17.0 Å². The molecule has 0 spiro atoms. The first-order valence-corrected chi connectivity index (χ1v) is 5.27. The first-order chi connectivity index (χ1) is 5.84. The Morgan fingerprint density at radius 2 is 1.53 bits per heavy atom. The van der Waals surface area contributed by atoms with Crippen LogP contribution in [0.3, 0.4) is 0 Å². The fourth-order valence-electron chi connectivity index (χ4n) is 1.20. The fourth-order valence-corrected chi connectivity index (χ4v) is 1.96. The monoisotopic (exact) mass is 240 g/mol. The van der Waals surface area contributed by atoms with E-state index in [-0.39, 0.29) is 39.9 Å². The fraction of sp³-hybridized carbons (Fsp3) is 0.333. The third kappa shape index (κ3) is 3.86. The average molecular weight is 240 g/mol. The average Bonchev–Trinajstić information content (AvgIpc) is 1.98. The zero-order valence-corrected chi connectivity index (χ0v) is 12.1. The SMILES string of the molecule is Cc1ccc(S(=O)(=O)[O-])c(C)c1C.O.[Na+]. The Bertz CT molecular complexity index is 440. The van der Waals surface area contributed by atoms with Gasteiger partial charge in [0.25, 0.3) is 0 Å². The van der Waals surface area contributed by atoms with Gasteiger partial charge in [-0.1, -0.05) is 6.07 Å². The van der Waals surface area contributed by atoms with E-state index >= 15 is 0 Å². The second-order valence-electron chi connectivity index (χ2n) is 3.08. The van der Waals surface area contributed by atoms with Gasteiger partial charge in [0.05, 0.1) is 4.90 Å². The van der Waals surface area contributed by atoms with Crippen LogP contribution in [0.25, 0.3) is 0 Å². The largest absolute Gasteiger partial charge is 1.00 e. The van der Waals surface area contributed by atoms with Crippen LogP contribution in [0.2, 0.25) is 0 Å². The Morgan fingerprint density at radius 1 is 1.07 bits per heavy atom. The van der Waals surface area contributed by atoms with Crippen molar-refractivity contribution in [3.63, 3.8) is 0 Å². The molecule has 1 aromatic rings. The third-order valence-electron chi connectivity index (χ3n) is 2.28. The second-order valence-corrected chi connectivity index (χ2v) is 4.43. The van der Waals surface area contributed by atoms with Crippen molar-refractivity contribution in [2.75, 3.05) is 0 Å². The van der Waals surface area contributed by atoms with E-state index in [2.05, 4.69) is 0 Å². The number of hydrogen-bond acceptors (Lipinski definition) is 3. The third-order valence-corrected chi connectivity index (χ3v) is 3.26. The summed E-state index contributed by atoms with van der Waals surface area (Å²) in [5, 5.41) is 0. The summed E-state index contributed by atoms with van der Waals surface area (Å²) in [5.74, 6) is 0. The Kier molecular flexibility index (Phi) is 6.97. The number of benzene rings is 1. The summed E-state index contributed by atoms with van der Waals surface area (Å²) >= 11 is 0. The van der Waals surface area contributed by atoms with Crippen LogP contribution in [-0.4, -0.2) is 18.4 Å². The van der Waals surface area contributed by atoms with E-state index in [9.17, 15) is 13.0 Å². The molecule has 80 valence electrons. The van der Waals surface area contributed by atoms with Crippen LogP contribution in [0.1, 0.15) is 16.7 Å². The maximum atomic E-state index is 10.8. The van der Waals surface area contributed by atoms with Gasteiger partial charge in [-0.25, -0.2) is 8.42 Å². The molecule has 15 heavy (non-hydrogen) atoms. The van der Waals surface area contributed by atoms with Crippen molar-refractivity contribution in [3.05, 3.63) is 28.8 Å². The van der Waals surface area contributed by atoms with Gasteiger partial charge in [-0.05, 0) is 43.5 Å². The summed E-state index contributed by atoms with van der Waals surface area (Å²) in [7, 11) is -4.32. The molecule has 1 rings (SSSR count). The molecule has 0 atom stereocenters. The van der Waals surface area contributed by atoms with Gasteiger partial charge < -0.3 is 10.0 Å². The minimum Gasteiger partial charge on any atom is -0.744 e. The molecule has 0 radical (unpaired) electrons. The topological polar surface area (TPSA) is 88.7 Å². The molecular weight excluding hydrogens is 227 g/mol. The molecule has 0 aromatic heterocycles. The summed E-state index contributed by atoms with van der Waals surface area (Å²) in [4.78, 5) is -0.115. The van der Waals surface area contributed by atoms with Gasteiger partial charge >= 0.3 is 29.6 Å². The van der Waals surface area contributed by atoms with Crippen molar-refractivity contribution in [1.82, 2.24) is 0 Å². The van der Waals surface area contributed by atoms with Crippen molar-refractivity contribution in [2.45, 2.75) is 25.7 Å². The molecule has 2 N–H and O–H groups in total. The molecule has 6 heteroatoms. The van der Waals surface area contributed by atoms with Gasteiger partial charge in [-0.2, -0.15) is 0 Å². The maximum Gasteiger partial charge on any atom is 1.00 e. The first kappa shape index (κ1) is 17.5. The van der Waals surface area contributed by atoms with Crippen LogP contribution >= 0.6 is 0 Å². The summed E-state index contributed by atoms with van der Waals surface area (Å²) in [6.45, 7) is 5.33. The Labute approximate surface area is 112 Å². The minimum absolute atomic E-state index is 0. The summed E-state index contributed by atoms with van der Waals surface area (Å²) < 4.78 is 32.3.